The molecule has 0 radical (unpaired) electrons. The van der Waals surface area contributed by atoms with E-state index >= 15 is 0 Å². The smallest absolute Gasteiger partial charge is 0.253 e. The lowest BCUT2D eigenvalue weighted by molar-refractivity contribution is -0.116. The van der Waals surface area contributed by atoms with Gasteiger partial charge < -0.3 is 10.6 Å². The number of carbonyl (C=O) groups is 2. The van der Waals surface area contributed by atoms with Gasteiger partial charge >= 0.3 is 0 Å². The molecule has 2 N–H and O–H groups in total. The maximum atomic E-state index is 12.3. The van der Waals surface area contributed by atoms with Crippen molar-refractivity contribution >= 4 is 50.6 Å². The lowest BCUT2D eigenvalue weighted by atomic mass is 10.2. The van der Waals surface area contributed by atoms with Gasteiger partial charge in [0, 0.05) is 29.8 Å². The molecule has 2 heterocycles. The molecule has 0 aliphatic carbocycles. The number of hydrogen-bond acceptors (Lipinski definition) is 6. The van der Waals surface area contributed by atoms with Crippen LogP contribution in [0.25, 0.3) is 10.1 Å². The van der Waals surface area contributed by atoms with Crippen LogP contribution in [0, 0.1) is 0 Å². The first-order chi connectivity index (χ1) is 13.6. The van der Waals surface area contributed by atoms with E-state index in [0.717, 1.165) is 21.6 Å². The van der Waals surface area contributed by atoms with Crippen molar-refractivity contribution in [2.45, 2.75) is 13.3 Å². The standard InChI is InChI=1S/C20H19N5O2S/c1-13-12-18(26)25(23-13)15-8-6-14(7-9-15)20(27)22-11-10-21-19-16-4-2-3-5-17(16)28-24-19/h2-9H,10-12H2,1H3,(H,21,24)(H,22,27). The minimum Gasteiger partial charge on any atom is -0.367 e. The molecule has 8 heteroatoms. The van der Waals surface area contributed by atoms with Crippen molar-refractivity contribution in [3.8, 4) is 0 Å². The Balaban J connectivity index is 1.30. The van der Waals surface area contributed by atoms with Gasteiger partial charge in [-0.25, -0.2) is 5.01 Å². The summed E-state index contributed by atoms with van der Waals surface area (Å²) in [5.41, 5.74) is 1.98. The van der Waals surface area contributed by atoms with Gasteiger partial charge in [-0.05, 0) is 54.9 Å². The highest BCUT2D eigenvalue weighted by Crippen LogP contribution is 2.25. The first-order valence-corrected chi connectivity index (χ1v) is 9.73. The highest BCUT2D eigenvalue weighted by atomic mass is 32.1. The van der Waals surface area contributed by atoms with Crippen molar-refractivity contribution in [3.63, 3.8) is 0 Å². The van der Waals surface area contributed by atoms with E-state index in [1.54, 1.807) is 24.3 Å². The highest BCUT2D eigenvalue weighted by molar-refractivity contribution is 7.13. The number of amides is 2. The largest absolute Gasteiger partial charge is 0.367 e. The van der Waals surface area contributed by atoms with Crippen LogP contribution in [0.2, 0.25) is 0 Å². The Kier molecular flexibility index (Phi) is 5.03. The summed E-state index contributed by atoms with van der Waals surface area (Å²) < 4.78 is 5.53. The molecule has 0 spiro atoms. The number of benzene rings is 2. The molecular weight excluding hydrogens is 374 g/mol. The van der Waals surface area contributed by atoms with Gasteiger partial charge in [-0.15, -0.1) is 0 Å². The average molecular weight is 393 g/mol. The number of aromatic nitrogens is 1. The molecule has 0 bridgehead atoms. The molecule has 2 amide bonds. The fraction of sp³-hybridized carbons (Fsp3) is 0.200. The molecule has 0 saturated heterocycles. The Labute approximate surface area is 166 Å². The van der Waals surface area contributed by atoms with Crippen LogP contribution in [0.15, 0.2) is 53.6 Å². The molecule has 3 aromatic rings. The van der Waals surface area contributed by atoms with E-state index in [-0.39, 0.29) is 11.8 Å². The Hall–Kier alpha value is -3.26. The van der Waals surface area contributed by atoms with E-state index in [2.05, 4.69) is 20.1 Å². The van der Waals surface area contributed by atoms with Gasteiger partial charge in [0.2, 0.25) is 0 Å². The number of nitrogens with zero attached hydrogens (tertiary/aromatic N) is 3. The van der Waals surface area contributed by atoms with E-state index in [9.17, 15) is 9.59 Å². The number of hydrogen-bond donors (Lipinski definition) is 2. The first kappa shape index (κ1) is 18.1. The molecule has 1 aliphatic rings. The third-order valence-electron chi connectivity index (χ3n) is 4.37. The fourth-order valence-electron chi connectivity index (χ4n) is 2.98. The molecule has 1 aromatic heterocycles. The van der Waals surface area contributed by atoms with Gasteiger partial charge in [0.15, 0.2) is 0 Å². The number of hydrazone groups is 1. The normalized spacial score (nSPS) is 13.7. The highest BCUT2D eigenvalue weighted by Gasteiger charge is 2.22. The van der Waals surface area contributed by atoms with Gasteiger partial charge in [-0.1, -0.05) is 12.1 Å². The van der Waals surface area contributed by atoms with Gasteiger partial charge in [0.1, 0.15) is 5.82 Å². The molecule has 0 atom stereocenters. The third-order valence-corrected chi connectivity index (χ3v) is 5.20. The van der Waals surface area contributed by atoms with Crippen LogP contribution in [-0.2, 0) is 4.79 Å². The molecule has 28 heavy (non-hydrogen) atoms. The van der Waals surface area contributed by atoms with Crippen LogP contribution in [-0.4, -0.2) is 35.0 Å². The molecule has 4 rings (SSSR count). The van der Waals surface area contributed by atoms with Gasteiger partial charge in [0.25, 0.3) is 11.8 Å². The van der Waals surface area contributed by atoms with Crippen molar-refractivity contribution in [2.75, 3.05) is 23.4 Å². The lowest BCUT2D eigenvalue weighted by Gasteiger charge is -2.12. The van der Waals surface area contributed by atoms with Crippen LogP contribution in [0.5, 0.6) is 0 Å². The van der Waals surface area contributed by atoms with Crippen molar-refractivity contribution in [1.82, 2.24) is 9.69 Å². The second-order valence-corrected chi connectivity index (χ2v) is 7.28. The number of anilines is 2. The Morgan fingerprint density at radius 3 is 2.68 bits per heavy atom. The van der Waals surface area contributed by atoms with Gasteiger partial charge in [-0.2, -0.15) is 9.47 Å². The van der Waals surface area contributed by atoms with Crippen LogP contribution < -0.4 is 15.6 Å². The molecule has 142 valence electrons. The summed E-state index contributed by atoms with van der Waals surface area (Å²) in [5, 5.41) is 12.8. The molecule has 1 aliphatic heterocycles. The summed E-state index contributed by atoms with van der Waals surface area (Å²) in [7, 11) is 0. The maximum Gasteiger partial charge on any atom is 0.253 e. The lowest BCUT2D eigenvalue weighted by Crippen LogP contribution is -2.28. The van der Waals surface area contributed by atoms with Crippen LogP contribution in [0.3, 0.4) is 0 Å². The van der Waals surface area contributed by atoms with E-state index in [0.29, 0.717) is 30.8 Å². The number of rotatable bonds is 6. The van der Waals surface area contributed by atoms with Gasteiger partial charge in [-0.3, -0.25) is 9.59 Å². The minimum absolute atomic E-state index is 0.0599. The molecular formula is C20H19N5O2S. The molecule has 7 nitrogen and oxygen atoms in total. The van der Waals surface area contributed by atoms with Crippen LogP contribution in [0.4, 0.5) is 11.5 Å². The van der Waals surface area contributed by atoms with Crippen molar-refractivity contribution < 1.29 is 9.59 Å². The summed E-state index contributed by atoms with van der Waals surface area (Å²) in [4.78, 5) is 24.2. The predicted octanol–water partition coefficient (Wildman–Crippen LogP) is 3.25. The van der Waals surface area contributed by atoms with E-state index in [4.69, 9.17) is 0 Å². The SMILES string of the molecule is CC1=NN(c2ccc(C(=O)NCCNc3nsc4ccccc34)cc2)C(=O)C1. The van der Waals surface area contributed by atoms with Crippen LogP contribution in [0.1, 0.15) is 23.7 Å². The Morgan fingerprint density at radius 1 is 1.14 bits per heavy atom. The summed E-state index contributed by atoms with van der Waals surface area (Å²) in [5.74, 6) is 0.615. The Bertz CT molecular complexity index is 1060. The van der Waals surface area contributed by atoms with Crippen molar-refractivity contribution in [3.05, 3.63) is 54.1 Å². The summed E-state index contributed by atoms with van der Waals surface area (Å²) in [6.07, 6.45) is 0.337. The molecule has 0 saturated carbocycles. The second kappa shape index (κ2) is 7.77. The number of carbonyl (C=O) groups excluding carboxylic acids is 2. The zero-order chi connectivity index (χ0) is 19.5. The van der Waals surface area contributed by atoms with E-state index in [1.807, 2.05) is 31.2 Å². The average Bonchev–Trinajstić information content (AvgIpc) is 3.27. The number of nitrogens with one attached hydrogen (secondary N) is 2. The summed E-state index contributed by atoms with van der Waals surface area (Å²) >= 11 is 1.45. The molecule has 0 fully saturated rings. The zero-order valence-electron chi connectivity index (χ0n) is 15.3. The van der Waals surface area contributed by atoms with Crippen LogP contribution >= 0.6 is 11.5 Å². The topological polar surface area (TPSA) is 86.7 Å². The third kappa shape index (κ3) is 3.72. The van der Waals surface area contributed by atoms with Crippen molar-refractivity contribution in [1.29, 1.82) is 0 Å². The zero-order valence-corrected chi connectivity index (χ0v) is 16.1. The molecule has 0 unspecified atom stereocenters. The predicted molar refractivity (Wildman–Crippen MR) is 112 cm³/mol. The van der Waals surface area contributed by atoms with E-state index in [1.165, 1.54) is 16.5 Å². The number of fused-ring (bicyclic) bond motifs is 1. The minimum atomic E-state index is -0.163. The maximum absolute atomic E-state index is 12.3. The monoisotopic (exact) mass is 393 g/mol. The summed E-state index contributed by atoms with van der Waals surface area (Å²) in [6, 6.07) is 14.9. The fourth-order valence-corrected chi connectivity index (χ4v) is 3.74. The quantitative estimate of drug-likeness (QED) is 0.630. The first-order valence-electron chi connectivity index (χ1n) is 8.95. The second-order valence-electron chi connectivity index (χ2n) is 6.47. The molecule has 2 aromatic carbocycles. The van der Waals surface area contributed by atoms with E-state index < -0.39 is 0 Å². The Morgan fingerprint density at radius 2 is 1.93 bits per heavy atom. The summed E-state index contributed by atoms with van der Waals surface area (Å²) in [6.45, 7) is 2.87. The van der Waals surface area contributed by atoms with Gasteiger partial charge in [0.05, 0.1) is 16.8 Å². The van der Waals surface area contributed by atoms with Crippen molar-refractivity contribution in [2.24, 2.45) is 5.10 Å².